The van der Waals surface area contributed by atoms with Crippen LogP contribution in [0.2, 0.25) is 0 Å². The summed E-state index contributed by atoms with van der Waals surface area (Å²) in [6, 6.07) is 25.4. The highest BCUT2D eigenvalue weighted by Gasteiger charge is 2.07. The van der Waals surface area contributed by atoms with Gasteiger partial charge in [0.1, 0.15) is 18.1 Å². The van der Waals surface area contributed by atoms with Crippen LogP contribution < -0.4 is 9.47 Å². The second kappa shape index (κ2) is 19.3. The standard InChI is InChI=1S/C37H52O3/c1-4-6-8-10-12-14-28-38-31(3)33-18-20-34(21-19-33)35-22-26-37(27-23-35)40-30-32-16-24-36(25-17-32)39-29-15-13-11-9-7-5-2/h16-27,31H,4-15,28-30H2,1-3H3. The van der Waals surface area contributed by atoms with Crippen molar-refractivity contribution >= 4 is 0 Å². The average molecular weight is 545 g/mol. The first-order valence-corrected chi connectivity index (χ1v) is 15.9. The van der Waals surface area contributed by atoms with Gasteiger partial charge in [-0.1, -0.05) is 127 Å². The van der Waals surface area contributed by atoms with Crippen molar-refractivity contribution in [2.24, 2.45) is 0 Å². The minimum atomic E-state index is 0.126. The molecule has 0 N–H and O–H groups in total. The molecule has 0 amide bonds. The van der Waals surface area contributed by atoms with Crippen molar-refractivity contribution < 1.29 is 14.2 Å². The fourth-order valence-electron chi connectivity index (χ4n) is 4.85. The highest BCUT2D eigenvalue weighted by molar-refractivity contribution is 5.64. The Kier molecular flexibility index (Phi) is 15.3. The Labute approximate surface area is 244 Å². The molecule has 0 saturated heterocycles. The molecule has 0 fully saturated rings. The first kappa shape index (κ1) is 31.7. The molecule has 218 valence electrons. The van der Waals surface area contributed by atoms with E-state index in [9.17, 15) is 0 Å². The number of unbranched alkanes of at least 4 members (excludes halogenated alkanes) is 10. The molecule has 0 aliphatic rings. The second-order valence-corrected chi connectivity index (χ2v) is 11.0. The molecule has 0 aliphatic heterocycles. The molecule has 0 heterocycles. The van der Waals surface area contributed by atoms with Crippen molar-refractivity contribution in [2.75, 3.05) is 13.2 Å². The van der Waals surface area contributed by atoms with Gasteiger partial charge in [0.2, 0.25) is 0 Å². The molecule has 0 aromatic heterocycles. The van der Waals surface area contributed by atoms with Crippen LogP contribution in [0.4, 0.5) is 0 Å². The molecule has 0 bridgehead atoms. The normalized spacial score (nSPS) is 11.9. The van der Waals surface area contributed by atoms with Gasteiger partial charge >= 0.3 is 0 Å². The minimum absolute atomic E-state index is 0.126. The molecule has 3 heteroatoms. The third kappa shape index (κ3) is 12.2. The molecule has 0 spiro atoms. The number of ether oxygens (including phenoxy) is 3. The van der Waals surface area contributed by atoms with Crippen LogP contribution in [0.25, 0.3) is 11.1 Å². The van der Waals surface area contributed by atoms with Crippen LogP contribution >= 0.6 is 0 Å². The summed E-state index contributed by atoms with van der Waals surface area (Å²) in [7, 11) is 0. The van der Waals surface area contributed by atoms with Gasteiger partial charge in [-0.3, -0.25) is 0 Å². The summed E-state index contributed by atoms with van der Waals surface area (Å²) >= 11 is 0. The van der Waals surface area contributed by atoms with Crippen molar-refractivity contribution in [1.29, 1.82) is 0 Å². The summed E-state index contributed by atoms with van der Waals surface area (Å²) in [6.45, 7) is 8.84. The topological polar surface area (TPSA) is 27.7 Å². The molecule has 3 aromatic rings. The van der Waals surface area contributed by atoms with Crippen molar-refractivity contribution in [3.8, 4) is 22.6 Å². The van der Waals surface area contributed by atoms with E-state index in [-0.39, 0.29) is 6.10 Å². The van der Waals surface area contributed by atoms with Gasteiger partial charge in [0.15, 0.2) is 0 Å². The van der Waals surface area contributed by atoms with Gasteiger partial charge in [0, 0.05) is 6.61 Å². The van der Waals surface area contributed by atoms with Gasteiger partial charge in [-0.15, -0.1) is 0 Å². The number of rotatable bonds is 21. The molecule has 40 heavy (non-hydrogen) atoms. The summed E-state index contributed by atoms with van der Waals surface area (Å²) in [5.41, 5.74) is 4.76. The van der Waals surface area contributed by atoms with Crippen LogP contribution in [0.15, 0.2) is 72.8 Å². The largest absolute Gasteiger partial charge is 0.494 e. The van der Waals surface area contributed by atoms with Crippen LogP contribution in [0.3, 0.4) is 0 Å². The van der Waals surface area contributed by atoms with E-state index in [2.05, 4.69) is 69.3 Å². The first-order chi connectivity index (χ1) is 19.7. The van der Waals surface area contributed by atoms with Crippen LogP contribution in [0.5, 0.6) is 11.5 Å². The maximum atomic E-state index is 6.08. The minimum Gasteiger partial charge on any atom is -0.494 e. The molecule has 0 aliphatic carbocycles. The predicted molar refractivity (Wildman–Crippen MR) is 169 cm³/mol. The Morgan fingerprint density at radius 3 is 1.57 bits per heavy atom. The monoisotopic (exact) mass is 544 g/mol. The Balaban J connectivity index is 1.36. The highest BCUT2D eigenvalue weighted by Crippen LogP contribution is 2.26. The van der Waals surface area contributed by atoms with Crippen molar-refractivity contribution in [3.05, 3.63) is 83.9 Å². The van der Waals surface area contributed by atoms with Gasteiger partial charge in [-0.2, -0.15) is 0 Å². The van der Waals surface area contributed by atoms with Crippen LogP contribution in [0.1, 0.15) is 115 Å². The molecule has 1 atom stereocenters. The Morgan fingerprint density at radius 1 is 0.500 bits per heavy atom. The molecule has 0 radical (unpaired) electrons. The molecule has 1 unspecified atom stereocenters. The molecule has 3 rings (SSSR count). The van der Waals surface area contributed by atoms with E-state index in [1.807, 2.05) is 24.3 Å². The second-order valence-electron chi connectivity index (χ2n) is 11.0. The van der Waals surface area contributed by atoms with E-state index in [0.717, 1.165) is 43.1 Å². The predicted octanol–water partition coefficient (Wildman–Crippen LogP) is 11.1. The fraction of sp³-hybridized carbons (Fsp3) is 0.514. The summed E-state index contributed by atoms with van der Waals surface area (Å²) < 4.78 is 18.0. The molecule has 3 aromatic carbocycles. The maximum absolute atomic E-state index is 6.08. The van der Waals surface area contributed by atoms with E-state index in [1.165, 1.54) is 80.9 Å². The summed E-state index contributed by atoms with van der Waals surface area (Å²) in [5, 5.41) is 0. The molecular formula is C37H52O3. The van der Waals surface area contributed by atoms with Crippen molar-refractivity contribution in [3.63, 3.8) is 0 Å². The average Bonchev–Trinajstić information content (AvgIpc) is 3.00. The molecule has 0 saturated carbocycles. The Hall–Kier alpha value is -2.78. The number of hydrogen-bond donors (Lipinski definition) is 0. The van der Waals surface area contributed by atoms with E-state index in [4.69, 9.17) is 14.2 Å². The third-order valence-electron chi connectivity index (χ3n) is 7.53. The third-order valence-corrected chi connectivity index (χ3v) is 7.53. The van der Waals surface area contributed by atoms with Crippen LogP contribution in [0, 0.1) is 0 Å². The number of hydrogen-bond acceptors (Lipinski definition) is 3. The van der Waals surface area contributed by atoms with Gasteiger partial charge in [0.25, 0.3) is 0 Å². The van der Waals surface area contributed by atoms with Gasteiger partial charge in [-0.05, 0) is 66.3 Å². The van der Waals surface area contributed by atoms with E-state index >= 15 is 0 Å². The maximum Gasteiger partial charge on any atom is 0.119 e. The summed E-state index contributed by atoms with van der Waals surface area (Å²) in [5.74, 6) is 1.81. The lowest BCUT2D eigenvalue weighted by atomic mass is 10.0. The van der Waals surface area contributed by atoms with E-state index in [1.54, 1.807) is 0 Å². The lowest BCUT2D eigenvalue weighted by Gasteiger charge is -2.14. The zero-order valence-corrected chi connectivity index (χ0v) is 25.3. The zero-order chi connectivity index (χ0) is 28.3. The lowest BCUT2D eigenvalue weighted by molar-refractivity contribution is 0.0627. The van der Waals surface area contributed by atoms with E-state index in [0.29, 0.717) is 6.61 Å². The Morgan fingerprint density at radius 2 is 0.975 bits per heavy atom. The van der Waals surface area contributed by atoms with Gasteiger partial charge in [-0.25, -0.2) is 0 Å². The highest BCUT2D eigenvalue weighted by atomic mass is 16.5. The summed E-state index contributed by atoms with van der Waals surface area (Å²) in [6.07, 6.45) is 15.5. The fourth-order valence-corrected chi connectivity index (χ4v) is 4.85. The SMILES string of the molecule is CCCCCCCCOc1ccc(COc2ccc(-c3ccc(C(C)OCCCCCCCC)cc3)cc2)cc1. The molecule has 3 nitrogen and oxygen atoms in total. The first-order valence-electron chi connectivity index (χ1n) is 15.9. The van der Waals surface area contributed by atoms with Crippen LogP contribution in [-0.4, -0.2) is 13.2 Å². The molecular weight excluding hydrogens is 492 g/mol. The quantitative estimate of drug-likeness (QED) is 0.125. The zero-order valence-electron chi connectivity index (χ0n) is 25.3. The van der Waals surface area contributed by atoms with Crippen LogP contribution in [-0.2, 0) is 11.3 Å². The van der Waals surface area contributed by atoms with Gasteiger partial charge < -0.3 is 14.2 Å². The number of benzene rings is 3. The smallest absolute Gasteiger partial charge is 0.119 e. The summed E-state index contributed by atoms with van der Waals surface area (Å²) in [4.78, 5) is 0. The Bertz CT molecular complexity index is 1020. The van der Waals surface area contributed by atoms with E-state index < -0.39 is 0 Å². The van der Waals surface area contributed by atoms with Crippen molar-refractivity contribution in [1.82, 2.24) is 0 Å². The lowest BCUT2D eigenvalue weighted by Crippen LogP contribution is -2.01. The van der Waals surface area contributed by atoms with Gasteiger partial charge in [0.05, 0.1) is 12.7 Å². The van der Waals surface area contributed by atoms with Crippen molar-refractivity contribution in [2.45, 2.75) is 111 Å².